The summed E-state index contributed by atoms with van der Waals surface area (Å²) in [5, 5.41) is 9.33. The maximum Gasteiger partial charge on any atom is 0.123 e. The molecule has 0 saturated carbocycles. The minimum Gasteiger partial charge on any atom is -0.396 e. The predicted octanol–water partition coefficient (Wildman–Crippen LogP) is 3.83. The number of halogens is 1. The molecule has 0 saturated heterocycles. The average molecular weight is 270 g/mol. The Morgan fingerprint density at radius 1 is 0.950 bits per heavy atom. The molecule has 1 atom stereocenters. The van der Waals surface area contributed by atoms with Crippen LogP contribution in [0.5, 0.6) is 0 Å². The Hall–Kier alpha value is -1.67. The molecule has 0 fully saturated rings. The molecule has 1 aliphatic carbocycles. The van der Waals surface area contributed by atoms with E-state index in [-0.39, 0.29) is 18.3 Å². The third kappa shape index (κ3) is 2.61. The second-order valence-corrected chi connectivity index (χ2v) is 5.50. The number of aliphatic hydroxyl groups excluding tert-OH is 1. The van der Waals surface area contributed by atoms with E-state index >= 15 is 0 Å². The monoisotopic (exact) mass is 270 g/mol. The molecule has 3 rings (SSSR count). The van der Waals surface area contributed by atoms with Gasteiger partial charge in [0.1, 0.15) is 5.82 Å². The molecule has 1 aliphatic rings. The van der Waals surface area contributed by atoms with Gasteiger partial charge in [-0.3, -0.25) is 0 Å². The SMILES string of the molecule is OCCC(c1ccc(F)cc1)c1ccc2c(c1)CCC2. The molecule has 1 unspecified atom stereocenters. The van der Waals surface area contributed by atoms with Crippen molar-refractivity contribution in [2.24, 2.45) is 0 Å². The van der Waals surface area contributed by atoms with E-state index in [0.717, 1.165) is 12.0 Å². The first-order valence-corrected chi connectivity index (χ1v) is 7.26. The van der Waals surface area contributed by atoms with Crippen molar-refractivity contribution >= 4 is 0 Å². The van der Waals surface area contributed by atoms with E-state index in [1.54, 1.807) is 0 Å². The van der Waals surface area contributed by atoms with Crippen LogP contribution in [0.15, 0.2) is 42.5 Å². The van der Waals surface area contributed by atoms with Gasteiger partial charge in [-0.2, -0.15) is 0 Å². The summed E-state index contributed by atoms with van der Waals surface area (Å²) in [4.78, 5) is 0. The topological polar surface area (TPSA) is 20.2 Å². The van der Waals surface area contributed by atoms with Gasteiger partial charge in [0.05, 0.1) is 0 Å². The van der Waals surface area contributed by atoms with E-state index in [9.17, 15) is 9.50 Å². The quantitative estimate of drug-likeness (QED) is 0.895. The van der Waals surface area contributed by atoms with Crippen LogP contribution in [-0.2, 0) is 12.8 Å². The van der Waals surface area contributed by atoms with Gasteiger partial charge in [0, 0.05) is 12.5 Å². The van der Waals surface area contributed by atoms with E-state index < -0.39 is 0 Å². The molecular formula is C18H19FO. The standard InChI is InChI=1S/C18H19FO/c19-17-8-6-14(7-9-17)18(10-11-20)16-5-4-13-2-1-3-15(13)12-16/h4-9,12,18,20H,1-3,10-11H2. The molecular weight excluding hydrogens is 251 g/mol. The van der Waals surface area contributed by atoms with Crippen LogP contribution in [-0.4, -0.2) is 11.7 Å². The van der Waals surface area contributed by atoms with E-state index in [1.165, 1.54) is 41.7 Å². The molecule has 0 aliphatic heterocycles. The summed E-state index contributed by atoms with van der Waals surface area (Å²) in [6.45, 7) is 0.138. The number of fused-ring (bicyclic) bond motifs is 1. The molecule has 0 heterocycles. The van der Waals surface area contributed by atoms with Gasteiger partial charge in [0.25, 0.3) is 0 Å². The molecule has 0 radical (unpaired) electrons. The lowest BCUT2D eigenvalue weighted by Gasteiger charge is -2.18. The van der Waals surface area contributed by atoms with Crippen molar-refractivity contribution in [3.8, 4) is 0 Å². The van der Waals surface area contributed by atoms with Crippen LogP contribution in [0.4, 0.5) is 4.39 Å². The normalized spacial score (nSPS) is 15.1. The Morgan fingerprint density at radius 2 is 1.65 bits per heavy atom. The highest BCUT2D eigenvalue weighted by Crippen LogP contribution is 2.31. The lowest BCUT2D eigenvalue weighted by Crippen LogP contribution is -2.04. The molecule has 0 aromatic heterocycles. The van der Waals surface area contributed by atoms with Gasteiger partial charge < -0.3 is 5.11 Å². The minimum atomic E-state index is -0.217. The first-order valence-electron chi connectivity index (χ1n) is 7.26. The second-order valence-electron chi connectivity index (χ2n) is 5.50. The van der Waals surface area contributed by atoms with Crippen LogP contribution in [0, 0.1) is 5.82 Å². The van der Waals surface area contributed by atoms with E-state index in [2.05, 4.69) is 18.2 Å². The average Bonchev–Trinajstić information content (AvgIpc) is 2.93. The van der Waals surface area contributed by atoms with E-state index in [1.807, 2.05) is 12.1 Å². The molecule has 104 valence electrons. The van der Waals surface area contributed by atoms with Crippen molar-refractivity contribution in [2.45, 2.75) is 31.6 Å². The van der Waals surface area contributed by atoms with Crippen LogP contribution >= 0.6 is 0 Å². The summed E-state index contributed by atoms with van der Waals surface area (Å²) in [6.07, 6.45) is 4.24. The fourth-order valence-electron chi connectivity index (χ4n) is 3.16. The van der Waals surface area contributed by atoms with E-state index in [0.29, 0.717) is 6.42 Å². The maximum absolute atomic E-state index is 13.1. The number of hydrogen-bond donors (Lipinski definition) is 1. The van der Waals surface area contributed by atoms with Gasteiger partial charge in [0.2, 0.25) is 0 Å². The van der Waals surface area contributed by atoms with Gasteiger partial charge in [-0.15, -0.1) is 0 Å². The third-order valence-corrected chi connectivity index (χ3v) is 4.22. The Kier molecular flexibility index (Phi) is 3.83. The second kappa shape index (κ2) is 5.76. The molecule has 2 aromatic carbocycles. The lowest BCUT2D eigenvalue weighted by atomic mass is 9.87. The fourth-order valence-corrected chi connectivity index (χ4v) is 3.16. The van der Waals surface area contributed by atoms with Crippen LogP contribution in [0.3, 0.4) is 0 Å². The highest BCUT2D eigenvalue weighted by Gasteiger charge is 2.17. The molecule has 20 heavy (non-hydrogen) atoms. The number of benzene rings is 2. The number of aryl methyl sites for hydroxylation is 2. The zero-order valence-corrected chi connectivity index (χ0v) is 11.5. The molecule has 2 aromatic rings. The number of hydrogen-bond acceptors (Lipinski definition) is 1. The smallest absolute Gasteiger partial charge is 0.123 e. The van der Waals surface area contributed by atoms with Crippen molar-refractivity contribution in [2.75, 3.05) is 6.61 Å². The first kappa shape index (κ1) is 13.3. The highest BCUT2D eigenvalue weighted by atomic mass is 19.1. The van der Waals surface area contributed by atoms with Crippen molar-refractivity contribution in [3.05, 3.63) is 70.5 Å². The molecule has 0 bridgehead atoms. The first-order chi connectivity index (χ1) is 9.78. The van der Waals surface area contributed by atoms with Crippen LogP contribution in [0.1, 0.15) is 41.0 Å². The van der Waals surface area contributed by atoms with Gasteiger partial charge in [0.15, 0.2) is 0 Å². The third-order valence-electron chi connectivity index (χ3n) is 4.22. The van der Waals surface area contributed by atoms with Gasteiger partial charge in [-0.25, -0.2) is 4.39 Å². The Bertz CT molecular complexity index is 589. The van der Waals surface area contributed by atoms with E-state index in [4.69, 9.17) is 0 Å². The van der Waals surface area contributed by atoms with Crippen LogP contribution < -0.4 is 0 Å². The fraction of sp³-hybridized carbons (Fsp3) is 0.333. The summed E-state index contributed by atoms with van der Waals surface area (Å²) in [5.41, 5.74) is 5.19. The summed E-state index contributed by atoms with van der Waals surface area (Å²) in [7, 11) is 0. The van der Waals surface area contributed by atoms with Crippen molar-refractivity contribution in [3.63, 3.8) is 0 Å². The molecule has 1 nitrogen and oxygen atoms in total. The lowest BCUT2D eigenvalue weighted by molar-refractivity contribution is 0.281. The van der Waals surface area contributed by atoms with Gasteiger partial charge in [-0.1, -0.05) is 30.3 Å². The van der Waals surface area contributed by atoms with Crippen molar-refractivity contribution in [1.29, 1.82) is 0 Å². The van der Waals surface area contributed by atoms with Gasteiger partial charge >= 0.3 is 0 Å². The molecule has 0 spiro atoms. The Balaban J connectivity index is 1.95. The zero-order chi connectivity index (χ0) is 13.9. The van der Waals surface area contributed by atoms with Crippen molar-refractivity contribution < 1.29 is 9.50 Å². The predicted molar refractivity (Wildman–Crippen MR) is 78.4 cm³/mol. The Morgan fingerprint density at radius 3 is 2.40 bits per heavy atom. The number of aliphatic hydroxyl groups is 1. The summed E-state index contributed by atoms with van der Waals surface area (Å²) >= 11 is 0. The van der Waals surface area contributed by atoms with Crippen molar-refractivity contribution in [1.82, 2.24) is 0 Å². The molecule has 0 amide bonds. The maximum atomic E-state index is 13.1. The Labute approximate surface area is 119 Å². The van der Waals surface area contributed by atoms with Crippen LogP contribution in [0.2, 0.25) is 0 Å². The van der Waals surface area contributed by atoms with Gasteiger partial charge in [-0.05, 0) is 60.1 Å². The molecule has 2 heteroatoms. The zero-order valence-electron chi connectivity index (χ0n) is 11.5. The van der Waals surface area contributed by atoms with Crippen LogP contribution in [0.25, 0.3) is 0 Å². The molecule has 1 N–H and O–H groups in total. The number of rotatable bonds is 4. The largest absolute Gasteiger partial charge is 0.396 e. The summed E-state index contributed by atoms with van der Waals surface area (Å²) in [6, 6.07) is 13.3. The summed E-state index contributed by atoms with van der Waals surface area (Å²) in [5.74, 6) is -0.0723. The summed E-state index contributed by atoms with van der Waals surface area (Å²) < 4.78 is 13.1. The minimum absolute atomic E-state index is 0.138. The highest BCUT2D eigenvalue weighted by molar-refractivity contribution is 5.40.